The van der Waals surface area contributed by atoms with Crippen molar-refractivity contribution in [1.29, 1.82) is 0 Å². The van der Waals surface area contributed by atoms with Crippen LogP contribution in [0, 0.1) is 0 Å². The van der Waals surface area contributed by atoms with Gasteiger partial charge in [-0.3, -0.25) is 4.79 Å². The van der Waals surface area contributed by atoms with Gasteiger partial charge in [-0.15, -0.1) is 0 Å². The van der Waals surface area contributed by atoms with Crippen LogP contribution in [0.4, 0.5) is 0 Å². The molecule has 1 heterocycles. The Balaban J connectivity index is 1.48. The average molecular weight is 335 g/mol. The molecule has 24 heavy (non-hydrogen) atoms. The molecular weight excluding hydrogens is 302 g/mol. The summed E-state index contributed by atoms with van der Waals surface area (Å²) in [6, 6.07) is 10.7. The Morgan fingerprint density at radius 3 is 2.79 bits per heavy atom. The predicted octanol–water partition coefficient (Wildman–Crippen LogP) is -1.01. The fourth-order valence-corrected chi connectivity index (χ4v) is 3.07. The van der Waals surface area contributed by atoms with E-state index in [-0.39, 0.29) is 11.9 Å². The van der Waals surface area contributed by atoms with E-state index in [0.29, 0.717) is 6.54 Å². The molecular formula is C19H33N3O2+2. The largest absolute Gasteiger partial charge is 0.370 e. The van der Waals surface area contributed by atoms with Crippen LogP contribution in [0.1, 0.15) is 25.3 Å². The SMILES string of the molecule is C[C@@H](CCc1ccccc1)NC(=O)C[NH2+]CCC[NH+]1CCOCC1. The molecule has 0 aliphatic carbocycles. The van der Waals surface area contributed by atoms with E-state index < -0.39 is 0 Å². The van der Waals surface area contributed by atoms with E-state index in [1.54, 1.807) is 4.90 Å². The molecule has 2 rings (SSSR count). The van der Waals surface area contributed by atoms with Crippen molar-refractivity contribution >= 4 is 5.91 Å². The Hall–Kier alpha value is -1.43. The van der Waals surface area contributed by atoms with Crippen LogP contribution in [0.2, 0.25) is 0 Å². The van der Waals surface area contributed by atoms with Crippen molar-refractivity contribution in [3.05, 3.63) is 35.9 Å². The van der Waals surface area contributed by atoms with Crippen LogP contribution >= 0.6 is 0 Å². The second-order valence-electron chi connectivity index (χ2n) is 6.74. The third-order valence-electron chi connectivity index (χ3n) is 4.58. The van der Waals surface area contributed by atoms with Gasteiger partial charge in [-0.05, 0) is 25.3 Å². The first-order valence-electron chi connectivity index (χ1n) is 9.30. The summed E-state index contributed by atoms with van der Waals surface area (Å²) in [5, 5.41) is 5.22. The van der Waals surface area contributed by atoms with Gasteiger partial charge < -0.3 is 20.3 Å². The van der Waals surface area contributed by atoms with E-state index in [1.165, 1.54) is 12.1 Å². The van der Waals surface area contributed by atoms with Crippen molar-refractivity contribution in [1.82, 2.24) is 5.32 Å². The maximum atomic E-state index is 12.0. The van der Waals surface area contributed by atoms with Crippen molar-refractivity contribution in [3.8, 4) is 0 Å². The number of aryl methyl sites for hydroxylation is 1. The molecule has 0 aromatic heterocycles. The fourth-order valence-electron chi connectivity index (χ4n) is 3.07. The fraction of sp³-hybridized carbons (Fsp3) is 0.632. The molecule has 5 nitrogen and oxygen atoms in total. The molecule has 1 aromatic rings. The molecule has 134 valence electrons. The van der Waals surface area contributed by atoms with E-state index >= 15 is 0 Å². The van der Waals surface area contributed by atoms with Crippen molar-refractivity contribution < 1.29 is 19.7 Å². The number of carbonyl (C=O) groups is 1. The van der Waals surface area contributed by atoms with Gasteiger partial charge in [0.1, 0.15) is 13.1 Å². The standard InChI is InChI=1S/C19H31N3O2/c1-17(8-9-18-6-3-2-4-7-18)21-19(23)16-20-10-5-11-22-12-14-24-15-13-22/h2-4,6-7,17,20H,5,8-16H2,1H3,(H,21,23)/p+2/t17-/m0/s1. The lowest BCUT2D eigenvalue weighted by Crippen LogP contribution is -3.14. The molecule has 0 radical (unpaired) electrons. The average Bonchev–Trinajstić information content (AvgIpc) is 2.61. The zero-order chi connectivity index (χ0) is 17.0. The molecule has 1 aromatic carbocycles. The summed E-state index contributed by atoms with van der Waals surface area (Å²) in [6.45, 7) is 8.87. The molecule has 1 amide bonds. The first-order valence-corrected chi connectivity index (χ1v) is 9.30. The summed E-state index contributed by atoms with van der Waals surface area (Å²) >= 11 is 0. The number of quaternary nitrogens is 2. The molecule has 5 heteroatoms. The Bertz CT molecular complexity index is 461. The number of hydrogen-bond donors (Lipinski definition) is 3. The smallest absolute Gasteiger partial charge is 0.275 e. The number of nitrogens with one attached hydrogen (secondary N) is 2. The third kappa shape index (κ3) is 7.90. The summed E-state index contributed by atoms with van der Waals surface area (Å²) < 4.78 is 5.36. The number of ether oxygens (including phenoxy) is 1. The van der Waals surface area contributed by atoms with Crippen molar-refractivity contribution in [3.63, 3.8) is 0 Å². The number of carbonyl (C=O) groups excluding carboxylic acids is 1. The number of amides is 1. The molecule has 1 aliphatic heterocycles. The minimum absolute atomic E-state index is 0.147. The molecule has 1 aliphatic rings. The number of morpholine rings is 1. The quantitative estimate of drug-likeness (QED) is 0.480. The van der Waals surface area contributed by atoms with Gasteiger partial charge in [-0.2, -0.15) is 0 Å². The number of benzene rings is 1. The minimum Gasteiger partial charge on any atom is -0.370 e. The van der Waals surface area contributed by atoms with Gasteiger partial charge in [0.05, 0.1) is 26.3 Å². The first kappa shape index (κ1) is 18.9. The number of rotatable bonds is 10. The minimum atomic E-state index is 0.147. The van der Waals surface area contributed by atoms with Gasteiger partial charge in [0.15, 0.2) is 6.54 Å². The maximum Gasteiger partial charge on any atom is 0.275 e. The second-order valence-corrected chi connectivity index (χ2v) is 6.74. The number of hydrogen-bond acceptors (Lipinski definition) is 2. The first-order chi connectivity index (χ1) is 11.7. The van der Waals surface area contributed by atoms with E-state index in [0.717, 1.165) is 52.1 Å². The predicted molar refractivity (Wildman–Crippen MR) is 95.0 cm³/mol. The van der Waals surface area contributed by atoms with Gasteiger partial charge in [0, 0.05) is 12.5 Å². The molecule has 1 saturated heterocycles. The zero-order valence-electron chi connectivity index (χ0n) is 14.9. The van der Waals surface area contributed by atoms with Gasteiger partial charge in [-0.1, -0.05) is 30.3 Å². The van der Waals surface area contributed by atoms with E-state index in [1.807, 2.05) is 6.07 Å². The molecule has 1 fully saturated rings. The highest BCUT2D eigenvalue weighted by atomic mass is 16.5. The van der Waals surface area contributed by atoms with Gasteiger partial charge in [0.2, 0.25) is 0 Å². The molecule has 0 unspecified atom stereocenters. The second kappa shape index (κ2) is 11.2. The van der Waals surface area contributed by atoms with Crippen molar-refractivity contribution in [2.24, 2.45) is 0 Å². The Labute approximate surface area is 145 Å². The highest BCUT2D eigenvalue weighted by Crippen LogP contribution is 2.04. The third-order valence-corrected chi connectivity index (χ3v) is 4.58. The van der Waals surface area contributed by atoms with E-state index in [2.05, 4.69) is 41.8 Å². The van der Waals surface area contributed by atoms with Crippen LogP contribution in [-0.4, -0.2) is 57.9 Å². The lowest BCUT2D eigenvalue weighted by atomic mass is 10.1. The Morgan fingerprint density at radius 1 is 1.29 bits per heavy atom. The lowest BCUT2D eigenvalue weighted by molar-refractivity contribution is -0.909. The summed E-state index contributed by atoms with van der Waals surface area (Å²) in [6.07, 6.45) is 3.15. The molecule has 0 spiro atoms. The van der Waals surface area contributed by atoms with Crippen LogP contribution in [0.3, 0.4) is 0 Å². The summed E-state index contributed by atoms with van der Waals surface area (Å²) in [5.41, 5.74) is 1.33. The monoisotopic (exact) mass is 335 g/mol. The zero-order valence-corrected chi connectivity index (χ0v) is 14.9. The highest BCUT2D eigenvalue weighted by Gasteiger charge is 2.13. The Kier molecular flexibility index (Phi) is 8.81. The summed E-state index contributed by atoms with van der Waals surface area (Å²) in [5.74, 6) is 0.147. The maximum absolute atomic E-state index is 12.0. The summed E-state index contributed by atoms with van der Waals surface area (Å²) in [7, 11) is 0. The normalized spacial score (nSPS) is 16.7. The van der Waals surface area contributed by atoms with Gasteiger partial charge in [-0.25, -0.2) is 0 Å². The molecule has 4 N–H and O–H groups in total. The summed E-state index contributed by atoms with van der Waals surface area (Å²) in [4.78, 5) is 13.6. The van der Waals surface area contributed by atoms with Gasteiger partial charge >= 0.3 is 0 Å². The van der Waals surface area contributed by atoms with E-state index in [9.17, 15) is 4.79 Å². The topological polar surface area (TPSA) is 59.4 Å². The van der Waals surface area contributed by atoms with E-state index in [4.69, 9.17) is 4.74 Å². The van der Waals surface area contributed by atoms with Crippen molar-refractivity contribution in [2.75, 3.05) is 45.9 Å². The highest BCUT2D eigenvalue weighted by molar-refractivity contribution is 5.76. The molecule has 0 bridgehead atoms. The van der Waals surface area contributed by atoms with Crippen LogP contribution in [0.25, 0.3) is 0 Å². The molecule has 0 saturated carbocycles. The van der Waals surface area contributed by atoms with Crippen LogP contribution < -0.4 is 15.5 Å². The van der Waals surface area contributed by atoms with Crippen molar-refractivity contribution in [2.45, 2.75) is 32.2 Å². The number of nitrogens with two attached hydrogens (primary N) is 1. The van der Waals surface area contributed by atoms with Crippen LogP contribution in [0.5, 0.6) is 0 Å². The van der Waals surface area contributed by atoms with Crippen LogP contribution in [-0.2, 0) is 16.0 Å². The Morgan fingerprint density at radius 2 is 2.04 bits per heavy atom. The lowest BCUT2D eigenvalue weighted by Gasteiger charge is -2.23. The molecule has 1 atom stereocenters. The van der Waals surface area contributed by atoms with Gasteiger partial charge in [0.25, 0.3) is 5.91 Å². The van der Waals surface area contributed by atoms with Crippen LogP contribution in [0.15, 0.2) is 30.3 Å².